The van der Waals surface area contributed by atoms with Crippen molar-refractivity contribution in [1.29, 1.82) is 0 Å². The summed E-state index contributed by atoms with van der Waals surface area (Å²) in [5.74, 6) is 0. The van der Waals surface area contributed by atoms with Crippen LogP contribution in [0.1, 0.15) is 48.0 Å². The number of hydrogen-bond acceptors (Lipinski definition) is 9. The zero-order valence-electron chi connectivity index (χ0n) is 26.3. The van der Waals surface area contributed by atoms with E-state index in [9.17, 15) is 23.3 Å². The van der Waals surface area contributed by atoms with Crippen LogP contribution in [0.5, 0.6) is 0 Å². The minimum atomic E-state index is -4.10. The highest BCUT2D eigenvalue weighted by atomic mass is 32.2. The standard InChI is InChI=1S/C27H48N2O9SSi2/c1-26(2,3)40(8,9)37-20-23(28-39(33,34)22-17-15-21(16-18-22)29(31)32)24(38-41(10,11)27(4,5)6)14-12-13-19-36-25(30)35-7/h12-13,15-18,23-24,28H,14,19-20H2,1-11H3/b13-12+/t23-,24+/m0/s1. The smallest absolute Gasteiger partial charge is 0.438 e. The van der Waals surface area contributed by atoms with E-state index in [1.807, 2.05) is 0 Å². The van der Waals surface area contributed by atoms with E-state index < -0.39 is 49.9 Å². The van der Waals surface area contributed by atoms with Crippen LogP contribution in [0.4, 0.5) is 10.5 Å². The number of non-ortho nitro benzene ring substituents is 1. The minimum Gasteiger partial charge on any atom is -0.438 e. The fourth-order valence-corrected chi connectivity index (χ4v) is 6.72. The Balaban J connectivity index is 3.49. The van der Waals surface area contributed by atoms with Gasteiger partial charge in [-0.25, -0.2) is 17.9 Å². The van der Waals surface area contributed by atoms with Gasteiger partial charge in [0, 0.05) is 12.1 Å². The maximum Gasteiger partial charge on any atom is 0.508 e. The third-order valence-electron chi connectivity index (χ3n) is 7.79. The van der Waals surface area contributed by atoms with Crippen molar-refractivity contribution in [3.8, 4) is 0 Å². The van der Waals surface area contributed by atoms with Crippen molar-refractivity contribution in [1.82, 2.24) is 4.72 Å². The number of nitrogens with one attached hydrogen (secondary N) is 1. The molecule has 0 saturated heterocycles. The van der Waals surface area contributed by atoms with Gasteiger partial charge in [0.15, 0.2) is 16.6 Å². The number of ether oxygens (including phenoxy) is 2. The van der Waals surface area contributed by atoms with E-state index in [2.05, 4.69) is 77.2 Å². The number of carbonyl (C=O) groups excluding carboxylic acids is 1. The molecule has 1 rings (SSSR count). The summed E-state index contributed by atoms with van der Waals surface area (Å²) in [7, 11) is -7.57. The van der Waals surface area contributed by atoms with E-state index in [1.54, 1.807) is 12.2 Å². The number of nitrogens with zero attached hydrogens (tertiary/aromatic N) is 1. The van der Waals surface area contributed by atoms with E-state index in [0.717, 1.165) is 12.1 Å². The molecular formula is C27H48N2O9SSi2. The zero-order valence-corrected chi connectivity index (χ0v) is 29.1. The summed E-state index contributed by atoms with van der Waals surface area (Å²) in [4.78, 5) is 21.7. The van der Waals surface area contributed by atoms with Crippen molar-refractivity contribution >= 4 is 38.5 Å². The van der Waals surface area contributed by atoms with Gasteiger partial charge in [-0.3, -0.25) is 10.1 Å². The van der Waals surface area contributed by atoms with Crippen LogP contribution in [0.25, 0.3) is 0 Å². The average Bonchev–Trinajstić information content (AvgIpc) is 2.84. The average molecular weight is 633 g/mol. The quantitative estimate of drug-likeness (QED) is 0.0812. The van der Waals surface area contributed by atoms with Crippen LogP contribution in [0, 0.1) is 10.1 Å². The molecule has 234 valence electrons. The lowest BCUT2D eigenvalue weighted by atomic mass is 10.1. The molecule has 1 aromatic rings. The first-order valence-electron chi connectivity index (χ1n) is 13.5. The van der Waals surface area contributed by atoms with Crippen molar-refractivity contribution in [2.75, 3.05) is 20.3 Å². The Bertz CT molecular complexity index is 1160. The van der Waals surface area contributed by atoms with E-state index in [0.29, 0.717) is 6.42 Å². The minimum absolute atomic E-state index is 0.0147. The van der Waals surface area contributed by atoms with E-state index in [-0.39, 0.29) is 33.9 Å². The first-order valence-corrected chi connectivity index (χ1v) is 20.8. The summed E-state index contributed by atoms with van der Waals surface area (Å²) >= 11 is 0. The van der Waals surface area contributed by atoms with Gasteiger partial charge in [-0.15, -0.1) is 0 Å². The molecule has 14 heteroatoms. The van der Waals surface area contributed by atoms with Gasteiger partial charge in [-0.1, -0.05) is 53.7 Å². The molecule has 11 nitrogen and oxygen atoms in total. The Morgan fingerprint density at radius 2 is 1.54 bits per heavy atom. The van der Waals surface area contributed by atoms with Gasteiger partial charge in [0.25, 0.3) is 5.69 Å². The van der Waals surface area contributed by atoms with Crippen LogP contribution in [0.15, 0.2) is 41.3 Å². The molecule has 0 aliphatic carbocycles. The van der Waals surface area contributed by atoms with Crippen molar-refractivity contribution in [2.45, 2.75) is 101 Å². The van der Waals surface area contributed by atoms with Gasteiger partial charge in [0.1, 0.15) is 6.61 Å². The van der Waals surface area contributed by atoms with Gasteiger partial charge in [0.2, 0.25) is 10.0 Å². The Hall–Kier alpha value is -2.11. The predicted octanol–water partition coefficient (Wildman–Crippen LogP) is 6.38. The highest BCUT2D eigenvalue weighted by Gasteiger charge is 2.43. The molecule has 0 radical (unpaired) electrons. The lowest BCUT2D eigenvalue weighted by molar-refractivity contribution is -0.384. The number of carbonyl (C=O) groups is 1. The topological polar surface area (TPSA) is 143 Å². The molecule has 0 fully saturated rings. The lowest BCUT2D eigenvalue weighted by Crippen LogP contribution is -2.55. The number of methoxy groups -OCH3 is 1. The van der Waals surface area contributed by atoms with Crippen LogP contribution >= 0.6 is 0 Å². The highest BCUT2D eigenvalue weighted by Crippen LogP contribution is 2.39. The Morgan fingerprint density at radius 1 is 1.00 bits per heavy atom. The van der Waals surface area contributed by atoms with Crippen LogP contribution in [-0.2, 0) is 28.3 Å². The molecule has 1 aromatic carbocycles. The second kappa shape index (κ2) is 14.4. The number of sulfonamides is 1. The number of hydrogen-bond donors (Lipinski definition) is 1. The summed E-state index contributed by atoms with van der Waals surface area (Å²) in [6.45, 7) is 21.0. The number of nitro benzene ring substituents is 1. The summed E-state index contributed by atoms with van der Waals surface area (Å²) in [5.41, 5.74) is -0.208. The molecule has 0 saturated carbocycles. The van der Waals surface area contributed by atoms with Crippen molar-refractivity contribution in [3.05, 3.63) is 46.5 Å². The van der Waals surface area contributed by atoms with Crippen LogP contribution in [0.2, 0.25) is 36.3 Å². The third-order valence-corrected chi connectivity index (χ3v) is 18.3. The van der Waals surface area contributed by atoms with Gasteiger partial charge >= 0.3 is 6.16 Å². The van der Waals surface area contributed by atoms with E-state index in [4.69, 9.17) is 13.6 Å². The highest BCUT2D eigenvalue weighted by molar-refractivity contribution is 7.89. The molecule has 0 unspecified atom stereocenters. The van der Waals surface area contributed by atoms with Gasteiger partial charge in [-0.2, -0.15) is 0 Å². The molecule has 2 atom stereocenters. The van der Waals surface area contributed by atoms with E-state index in [1.165, 1.54) is 19.2 Å². The summed E-state index contributed by atoms with van der Waals surface area (Å²) < 4.78 is 52.5. The first-order chi connectivity index (χ1) is 18.5. The largest absolute Gasteiger partial charge is 0.508 e. The lowest BCUT2D eigenvalue weighted by Gasteiger charge is -2.42. The summed E-state index contributed by atoms with van der Waals surface area (Å²) in [6.07, 6.45) is 2.31. The molecule has 41 heavy (non-hydrogen) atoms. The third kappa shape index (κ3) is 11.2. The van der Waals surface area contributed by atoms with Crippen molar-refractivity contribution in [2.24, 2.45) is 0 Å². The summed E-state index contributed by atoms with van der Waals surface area (Å²) in [6, 6.07) is 3.94. The van der Waals surface area contributed by atoms with Gasteiger partial charge in [-0.05, 0) is 54.8 Å². The van der Waals surface area contributed by atoms with Gasteiger partial charge < -0.3 is 18.3 Å². The molecule has 0 heterocycles. The second-order valence-electron chi connectivity index (χ2n) is 12.9. The Morgan fingerprint density at radius 3 is 2.00 bits per heavy atom. The van der Waals surface area contributed by atoms with E-state index >= 15 is 0 Å². The fraction of sp³-hybridized carbons (Fsp3) is 0.667. The number of rotatable bonds is 14. The molecule has 1 N–H and O–H groups in total. The molecule has 0 aliphatic heterocycles. The molecule has 0 spiro atoms. The van der Waals surface area contributed by atoms with Crippen molar-refractivity contribution in [3.63, 3.8) is 0 Å². The molecule has 0 aromatic heterocycles. The Kier molecular flexibility index (Phi) is 12.9. The normalized spacial score (nSPS) is 15.0. The molecule has 0 bridgehead atoms. The van der Waals surface area contributed by atoms with Crippen LogP contribution in [-0.4, -0.2) is 68.6 Å². The molecular weight excluding hydrogens is 585 g/mol. The fourth-order valence-electron chi connectivity index (χ4n) is 3.07. The molecule has 0 aliphatic rings. The zero-order chi connectivity index (χ0) is 31.9. The van der Waals surface area contributed by atoms with Crippen molar-refractivity contribution < 1.29 is 36.5 Å². The molecule has 0 amide bonds. The maximum atomic E-state index is 13.5. The van der Waals surface area contributed by atoms with Gasteiger partial charge in [0.05, 0.1) is 35.7 Å². The second-order valence-corrected chi connectivity index (χ2v) is 24.2. The maximum absolute atomic E-state index is 13.5. The number of nitro groups is 1. The Labute approximate surface area is 247 Å². The first kappa shape index (κ1) is 36.9. The van der Waals surface area contributed by atoms with Crippen LogP contribution in [0.3, 0.4) is 0 Å². The predicted molar refractivity (Wildman–Crippen MR) is 165 cm³/mol. The monoisotopic (exact) mass is 632 g/mol. The summed E-state index contributed by atoms with van der Waals surface area (Å²) in [5, 5.41) is 10.8. The number of benzene rings is 1. The van der Waals surface area contributed by atoms with Crippen LogP contribution < -0.4 is 4.72 Å². The SMILES string of the molecule is COC(=O)OC/C=C/C[C@@H](O[Si](C)(C)C(C)(C)C)[C@H](CO[Si](C)(C)C(C)(C)C)NS(=O)(=O)c1ccc([N+](=O)[O-])cc1.